The average Bonchev–Trinajstić information content (AvgIpc) is 2.52. The molecule has 0 spiro atoms. The maximum Gasteiger partial charge on any atom is 0.309 e. The molecule has 94 valence electrons. The summed E-state index contributed by atoms with van der Waals surface area (Å²) in [5.41, 5.74) is 1.90. The van der Waals surface area contributed by atoms with E-state index in [0.29, 0.717) is 17.3 Å². The monoisotopic (exact) mass is 234 g/mol. The number of ether oxygens (including phenoxy) is 1. The molecule has 17 heavy (non-hydrogen) atoms. The van der Waals surface area contributed by atoms with Gasteiger partial charge in [-0.15, -0.1) is 0 Å². The third kappa shape index (κ3) is 1.56. The van der Waals surface area contributed by atoms with Crippen molar-refractivity contribution in [2.45, 2.75) is 52.6 Å². The summed E-state index contributed by atoms with van der Waals surface area (Å²) in [4.78, 5) is 11.7. The van der Waals surface area contributed by atoms with Crippen LogP contribution in [0.2, 0.25) is 0 Å². The first-order valence-corrected chi connectivity index (χ1v) is 6.94. The first-order chi connectivity index (χ1) is 8.01. The van der Waals surface area contributed by atoms with E-state index in [2.05, 4.69) is 19.9 Å². The second kappa shape index (κ2) is 3.60. The SMILES string of the molecule is CC1CCCC2(C)CC3OC(=O)C(C)C3C=C12. The molecule has 1 aliphatic heterocycles. The average molecular weight is 234 g/mol. The number of hydrogen-bond donors (Lipinski definition) is 0. The van der Waals surface area contributed by atoms with Gasteiger partial charge < -0.3 is 4.74 Å². The molecule has 2 heteroatoms. The van der Waals surface area contributed by atoms with Gasteiger partial charge in [-0.05, 0) is 30.6 Å². The molecule has 0 N–H and O–H groups in total. The van der Waals surface area contributed by atoms with Crippen LogP contribution in [0.25, 0.3) is 0 Å². The van der Waals surface area contributed by atoms with Crippen LogP contribution < -0.4 is 0 Å². The van der Waals surface area contributed by atoms with E-state index in [1.54, 1.807) is 5.57 Å². The molecule has 5 atom stereocenters. The zero-order chi connectivity index (χ0) is 12.2. The number of carbonyl (C=O) groups excluding carboxylic acids is 1. The number of fused-ring (bicyclic) bond motifs is 2. The summed E-state index contributed by atoms with van der Waals surface area (Å²) >= 11 is 0. The van der Waals surface area contributed by atoms with Crippen molar-refractivity contribution in [3.8, 4) is 0 Å². The Hall–Kier alpha value is -0.790. The van der Waals surface area contributed by atoms with Crippen LogP contribution >= 0.6 is 0 Å². The molecule has 0 aromatic heterocycles. The summed E-state index contributed by atoms with van der Waals surface area (Å²) in [6, 6.07) is 0. The molecule has 0 aromatic carbocycles. The summed E-state index contributed by atoms with van der Waals surface area (Å²) in [7, 11) is 0. The second-order valence-corrected chi connectivity index (χ2v) is 6.52. The molecule has 2 fully saturated rings. The van der Waals surface area contributed by atoms with Gasteiger partial charge in [0.25, 0.3) is 0 Å². The second-order valence-electron chi connectivity index (χ2n) is 6.52. The fourth-order valence-corrected chi connectivity index (χ4v) is 4.17. The van der Waals surface area contributed by atoms with E-state index in [9.17, 15) is 4.79 Å². The molecule has 1 saturated heterocycles. The number of rotatable bonds is 0. The highest BCUT2D eigenvalue weighted by Crippen LogP contribution is 2.53. The Balaban J connectivity index is 1.98. The maximum absolute atomic E-state index is 11.7. The molecule has 0 radical (unpaired) electrons. The first kappa shape index (κ1) is 11.3. The Kier molecular flexibility index (Phi) is 2.39. The van der Waals surface area contributed by atoms with E-state index >= 15 is 0 Å². The lowest BCUT2D eigenvalue weighted by Gasteiger charge is -2.45. The normalized spacial score (nSPS) is 49.1. The molecular formula is C15H22O2. The van der Waals surface area contributed by atoms with Gasteiger partial charge in [-0.3, -0.25) is 4.79 Å². The minimum atomic E-state index is 0.00625. The highest BCUT2D eigenvalue weighted by Gasteiger charge is 2.50. The molecular weight excluding hydrogens is 212 g/mol. The van der Waals surface area contributed by atoms with Crippen LogP contribution in [0.5, 0.6) is 0 Å². The molecule has 2 nitrogen and oxygen atoms in total. The van der Waals surface area contributed by atoms with Crippen molar-refractivity contribution in [3.05, 3.63) is 11.6 Å². The molecule has 3 rings (SSSR count). The molecule has 3 aliphatic rings. The minimum Gasteiger partial charge on any atom is -0.461 e. The standard InChI is InChI=1S/C15H22O2/c1-9-5-4-6-15(3)8-13-11(7-12(9)15)10(2)14(16)17-13/h7,9-11,13H,4-6,8H2,1-3H3. The molecule has 1 saturated carbocycles. The quantitative estimate of drug-likeness (QED) is 0.475. The topological polar surface area (TPSA) is 26.3 Å². The van der Waals surface area contributed by atoms with Crippen molar-refractivity contribution in [1.29, 1.82) is 0 Å². The van der Waals surface area contributed by atoms with Crippen molar-refractivity contribution < 1.29 is 9.53 Å². The van der Waals surface area contributed by atoms with Gasteiger partial charge in [0.1, 0.15) is 6.10 Å². The fourth-order valence-electron chi connectivity index (χ4n) is 4.17. The van der Waals surface area contributed by atoms with Crippen molar-refractivity contribution in [3.63, 3.8) is 0 Å². The summed E-state index contributed by atoms with van der Waals surface area (Å²) < 4.78 is 5.54. The van der Waals surface area contributed by atoms with E-state index < -0.39 is 0 Å². The first-order valence-electron chi connectivity index (χ1n) is 6.94. The number of carbonyl (C=O) groups is 1. The van der Waals surface area contributed by atoms with Gasteiger partial charge in [-0.25, -0.2) is 0 Å². The zero-order valence-electron chi connectivity index (χ0n) is 11.0. The van der Waals surface area contributed by atoms with Gasteiger partial charge in [-0.2, -0.15) is 0 Å². The largest absolute Gasteiger partial charge is 0.461 e. The van der Waals surface area contributed by atoms with Crippen LogP contribution in [-0.4, -0.2) is 12.1 Å². The van der Waals surface area contributed by atoms with Crippen LogP contribution in [-0.2, 0) is 9.53 Å². The maximum atomic E-state index is 11.7. The minimum absolute atomic E-state index is 0.00625. The van der Waals surface area contributed by atoms with Crippen molar-refractivity contribution in [2.24, 2.45) is 23.2 Å². The fraction of sp³-hybridized carbons (Fsp3) is 0.800. The molecule has 0 bridgehead atoms. The zero-order valence-corrected chi connectivity index (χ0v) is 11.0. The van der Waals surface area contributed by atoms with Crippen LogP contribution in [0, 0.1) is 23.2 Å². The molecule has 1 heterocycles. The predicted octanol–water partition coefficient (Wildman–Crippen LogP) is 3.32. The Morgan fingerprint density at radius 2 is 2.18 bits per heavy atom. The van der Waals surface area contributed by atoms with Gasteiger partial charge in [-0.1, -0.05) is 38.8 Å². The van der Waals surface area contributed by atoms with Gasteiger partial charge in [0.2, 0.25) is 0 Å². The molecule has 0 aromatic rings. The van der Waals surface area contributed by atoms with Crippen LogP contribution in [0.4, 0.5) is 0 Å². The van der Waals surface area contributed by atoms with E-state index in [0.717, 1.165) is 6.42 Å². The molecule has 2 aliphatic carbocycles. The van der Waals surface area contributed by atoms with Crippen LogP contribution in [0.15, 0.2) is 11.6 Å². The van der Waals surface area contributed by atoms with Crippen molar-refractivity contribution in [1.82, 2.24) is 0 Å². The lowest BCUT2D eigenvalue weighted by Crippen LogP contribution is -2.38. The molecule has 5 unspecified atom stereocenters. The summed E-state index contributed by atoms with van der Waals surface area (Å²) in [5, 5.41) is 0. The Morgan fingerprint density at radius 1 is 1.41 bits per heavy atom. The van der Waals surface area contributed by atoms with Crippen molar-refractivity contribution in [2.75, 3.05) is 0 Å². The van der Waals surface area contributed by atoms with E-state index in [1.165, 1.54) is 19.3 Å². The number of allylic oxidation sites excluding steroid dienone is 1. The highest BCUT2D eigenvalue weighted by atomic mass is 16.6. The predicted molar refractivity (Wildman–Crippen MR) is 66.4 cm³/mol. The number of esters is 1. The smallest absolute Gasteiger partial charge is 0.309 e. The highest BCUT2D eigenvalue weighted by molar-refractivity contribution is 5.75. The Labute approximate surface area is 103 Å². The Morgan fingerprint density at radius 3 is 2.94 bits per heavy atom. The van der Waals surface area contributed by atoms with E-state index in [1.807, 2.05) is 6.92 Å². The van der Waals surface area contributed by atoms with Crippen LogP contribution in [0.3, 0.4) is 0 Å². The summed E-state index contributed by atoms with van der Waals surface area (Å²) in [6.07, 6.45) is 7.48. The third-order valence-electron chi connectivity index (χ3n) is 5.26. The third-order valence-corrected chi connectivity index (χ3v) is 5.26. The Bertz CT molecular complexity index is 384. The lowest BCUT2D eigenvalue weighted by atomic mass is 9.60. The van der Waals surface area contributed by atoms with Gasteiger partial charge in [0.05, 0.1) is 5.92 Å². The van der Waals surface area contributed by atoms with Crippen molar-refractivity contribution >= 4 is 5.97 Å². The number of hydrogen-bond acceptors (Lipinski definition) is 2. The van der Waals surface area contributed by atoms with Gasteiger partial charge >= 0.3 is 5.97 Å². The van der Waals surface area contributed by atoms with E-state index in [-0.39, 0.29) is 18.0 Å². The van der Waals surface area contributed by atoms with Crippen LogP contribution in [0.1, 0.15) is 46.5 Å². The summed E-state index contributed by atoms with van der Waals surface area (Å²) in [5.74, 6) is 1.10. The van der Waals surface area contributed by atoms with Gasteiger partial charge in [0, 0.05) is 5.92 Å². The van der Waals surface area contributed by atoms with Gasteiger partial charge in [0.15, 0.2) is 0 Å². The lowest BCUT2D eigenvalue weighted by molar-refractivity contribution is -0.144. The van der Waals surface area contributed by atoms with E-state index in [4.69, 9.17) is 4.74 Å². The summed E-state index contributed by atoms with van der Waals surface area (Å²) in [6.45, 7) is 6.72. The molecule has 0 amide bonds.